The summed E-state index contributed by atoms with van der Waals surface area (Å²) in [5.41, 5.74) is 0.504. The molecule has 0 saturated heterocycles. The molecular weight excluding hydrogens is 324 g/mol. The average Bonchev–Trinajstić information content (AvgIpc) is 2.27. The van der Waals surface area contributed by atoms with Gasteiger partial charge in [0, 0.05) is 19.3 Å². The lowest BCUT2D eigenvalue weighted by atomic mass is 10.2. The minimum atomic E-state index is -3.70. The number of sulfonamides is 1. The van der Waals surface area contributed by atoms with E-state index in [1.807, 2.05) is 0 Å². The largest absolute Gasteiger partial charge is 0.318 e. The predicted octanol–water partition coefficient (Wildman–Crippen LogP) is 0.318. The highest BCUT2D eigenvalue weighted by atomic mass is 35.5. The van der Waals surface area contributed by atoms with Crippen LogP contribution in [0.2, 0.25) is 0 Å². The van der Waals surface area contributed by atoms with Gasteiger partial charge in [-0.3, -0.25) is 0 Å². The molecule has 0 saturated carbocycles. The fraction of sp³-hybridized carbons (Fsp3) is 0.455. The second kappa shape index (κ2) is 7.37. The van der Waals surface area contributed by atoms with Crippen LogP contribution in [0.5, 0.6) is 0 Å². The SMILES string of the molecule is CNCCNS(=O)(=O)c1cc(S(C)(=O)=O)ccc1C.Cl. The van der Waals surface area contributed by atoms with Gasteiger partial charge in [-0.15, -0.1) is 12.4 Å². The van der Waals surface area contributed by atoms with E-state index in [2.05, 4.69) is 10.0 Å². The zero-order valence-electron chi connectivity index (χ0n) is 11.5. The van der Waals surface area contributed by atoms with Crippen molar-refractivity contribution in [1.29, 1.82) is 0 Å². The molecule has 0 bridgehead atoms. The van der Waals surface area contributed by atoms with Gasteiger partial charge in [-0.25, -0.2) is 21.6 Å². The van der Waals surface area contributed by atoms with Gasteiger partial charge in [-0.05, 0) is 31.7 Å². The van der Waals surface area contributed by atoms with Gasteiger partial charge in [-0.2, -0.15) is 0 Å². The summed E-state index contributed by atoms with van der Waals surface area (Å²) in [5, 5.41) is 2.82. The number of likely N-dealkylation sites (N-methyl/N-ethyl adjacent to an activating group) is 1. The predicted molar refractivity (Wildman–Crippen MR) is 80.7 cm³/mol. The average molecular weight is 343 g/mol. The highest BCUT2D eigenvalue weighted by molar-refractivity contribution is 7.91. The van der Waals surface area contributed by atoms with E-state index in [0.717, 1.165) is 6.26 Å². The van der Waals surface area contributed by atoms with Crippen molar-refractivity contribution in [2.45, 2.75) is 16.7 Å². The van der Waals surface area contributed by atoms with Crippen LogP contribution in [-0.4, -0.2) is 43.2 Å². The first-order valence-corrected chi connectivity index (χ1v) is 9.01. The molecule has 0 fully saturated rings. The first kappa shape index (κ1) is 19.3. The number of rotatable bonds is 6. The Hall–Kier alpha value is -0.670. The summed E-state index contributed by atoms with van der Waals surface area (Å²) in [6.45, 7) is 2.35. The summed E-state index contributed by atoms with van der Waals surface area (Å²) in [6.07, 6.45) is 1.04. The van der Waals surface area contributed by atoms with Crippen molar-refractivity contribution in [3.05, 3.63) is 23.8 Å². The molecular formula is C11H19ClN2O4S2. The number of benzene rings is 1. The standard InChI is InChI=1S/C11H18N2O4S2.ClH/c1-9-4-5-10(18(3,14)15)8-11(9)19(16,17)13-7-6-12-2;/h4-5,8,12-13H,6-7H2,1-3H3;1H. The fourth-order valence-electron chi connectivity index (χ4n) is 1.49. The Morgan fingerprint density at radius 3 is 2.20 bits per heavy atom. The van der Waals surface area contributed by atoms with Gasteiger partial charge in [0.25, 0.3) is 0 Å². The third-order valence-electron chi connectivity index (χ3n) is 2.54. The second-order valence-corrected chi connectivity index (χ2v) is 7.95. The number of halogens is 1. The molecule has 20 heavy (non-hydrogen) atoms. The molecule has 0 unspecified atom stereocenters. The van der Waals surface area contributed by atoms with Crippen molar-refractivity contribution in [3.8, 4) is 0 Å². The van der Waals surface area contributed by atoms with Crippen LogP contribution in [0.15, 0.2) is 28.0 Å². The zero-order valence-corrected chi connectivity index (χ0v) is 14.0. The highest BCUT2D eigenvalue weighted by Gasteiger charge is 2.19. The molecule has 1 aromatic rings. The van der Waals surface area contributed by atoms with Crippen molar-refractivity contribution in [2.75, 3.05) is 26.4 Å². The molecule has 9 heteroatoms. The van der Waals surface area contributed by atoms with E-state index in [-0.39, 0.29) is 28.7 Å². The van der Waals surface area contributed by atoms with Crippen LogP contribution < -0.4 is 10.0 Å². The maximum Gasteiger partial charge on any atom is 0.240 e. The van der Waals surface area contributed by atoms with Crippen molar-refractivity contribution in [1.82, 2.24) is 10.0 Å². The van der Waals surface area contributed by atoms with E-state index in [0.29, 0.717) is 12.1 Å². The first-order chi connectivity index (χ1) is 8.68. The maximum atomic E-state index is 12.1. The van der Waals surface area contributed by atoms with Gasteiger partial charge >= 0.3 is 0 Å². The molecule has 0 aliphatic rings. The Morgan fingerprint density at radius 1 is 1.10 bits per heavy atom. The molecule has 0 atom stereocenters. The zero-order chi connectivity index (χ0) is 14.7. The van der Waals surface area contributed by atoms with Crippen molar-refractivity contribution < 1.29 is 16.8 Å². The second-order valence-electron chi connectivity index (χ2n) is 4.20. The molecule has 6 nitrogen and oxygen atoms in total. The molecule has 1 aromatic carbocycles. The van der Waals surface area contributed by atoms with Crippen molar-refractivity contribution in [3.63, 3.8) is 0 Å². The Labute approximate surface area is 126 Å². The summed E-state index contributed by atoms with van der Waals surface area (Å²) in [7, 11) is -5.42. The molecule has 0 aromatic heterocycles. The monoisotopic (exact) mass is 342 g/mol. The Balaban J connectivity index is 0.00000361. The number of hydrogen-bond donors (Lipinski definition) is 2. The quantitative estimate of drug-likeness (QED) is 0.726. The van der Waals surface area contributed by atoms with Crippen LogP contribution in [0.3, 0.4) is 0 Å². The molecule has 0 amide bonds. The van der Waals surface area contributed by atoms with Crippen LogP contribution >= 0.6 is 12.4 Å². The van der Waals surface area contributed by atoms with E-state index >= 15 is 0 Å². The molecule has 0 aliphatic carbocycles. The number of aryl methyl sites for hydroxylation is 1. The lowest BCUT2D eigenvalue weighted by Crippen LogP contribution is -2.31. The molecule has 0 radical (unpaired) electrons. The van der Waals surface area contributed by atoms with Crippen LogP contribution in [0.4, 0.5) is 0 Å². The maximum absolute atomic E-state index is 12.1. The van der Waals surface area contributed by atoms with Gasteiger partial charge in [0.1, 0.15) is 0 Å². The fourth-order valence-corrected chi connectivity index (χ4v) is 3.51. The van der Waals surface area contributed by atoms with Crippen molar-refractivity contribution in [2.24, 2.45) is 0 Å². The van der Waals surface area contributed by atoms with Gasteiger partial charge in [0.05, 0.1) is 9.79 Å². The molecule has 0 aliphatic heterocycles. The van der Waals surface area contributed by atoms with Gasteiger partial charge in [0.15, 0.2) is 9.84 Å². The molecule has 0 spiro atoms. The third kappa shape index (κ3) is 5.02. The number of hydrogen-bond acceptors (Lipinski definition) is 5. The van der Waals surface area contributed by atoms with Crippen LogP contribution in [0.1, 0.15) is 5.56 Å². The van der Waals surface area contributed by atoms with Gasteiger partial charge in [0.2, 0.25) is 10.0 Å². The first-order valence-electron chi connectivity index (χ1n) is 5.63. The van der Waals surface area contributed by atoms with E-state index < -0.39 is 19.9 Å². The minimum absolute atomic E-state index is 0. The van der Waals surface area contributed by atoms with E-state index in [1.54, 1.807) is 14.0 Å². The molecule has 116 valence electrons. The van der Waals surface area contributed by atoms with Crippen LogP contribution in [0.25, 0.3) is 0 Å². The van der Waals surface area contributed by atoms with E-state index in [1.165, 1.54) is 18.2 Å². The summed E-state index contributed by atoms with van der Waals surface area (Å²) < 4.78 is 49.5. The minimum Gasteiger partial charge on any atom is -0.318 e. The van der Waals surface area contributed by atoms with E-state index in [9.17, 15) is 16.8 Å². The third-order valence-corrected chi connectivity index (χ3v) is 5.26. The van der Waals surface area contributed by atoms with E-state index in [4.69, 9.17) is 0 Å². The lowest BCUT2D eigenvalue weighted by molar-refractivity contribution is 0.578. The Bertz CT molecular complexity index is 657. The topological polar surface area (TPSA) is 92.3 Å². The van der Waals surface area contributed by atoms with Crippen LogP contribution in [0, 0.1) is 6.92 Å². The number of sulfone groups is 1. The molecule has 0 heterocycles. The van der Waals surface area contributed by atoms with Crippen molar-refractivity contribution >= 4 is 32.3 Å². The smallest absolute Gasteiger partial charge is 0.240 e. The normalized spacial score (nSPS) is 11.9. The van der Waals surface area contributed by atoms with Crippen LogP contribution in [-0.2, 0) is 19.9 Å². The summed E-state index contributed by atoms with van der Waals surface area (Å²) in [4.78, 5) is -0.0152. The van der Waals surface area contributed by atoms with Gasteiger partial charge < -0.3 is 5.32 Å². The van der Waals surface area contributed by atoms with Gasteiger partial charge in [-0.1, -0.05) is 6.07 Å². The Morgan fingerprint density at radius 2 is 1.70 bits per heavy atom. The lowest BCUT2D eigenvalue weighted by Gasteiger charge is -2.10. The summed E-state index contributed by atoms with van der Waals surface area (Å²) >= 11 is 0. The molecule has 1 rings (SSSR count). The summed E-state index contributed by atoms with van der Waals surface area (Å²) in [6, 6.07) is 4.08. The summed E-state index contributed by atoms with van der Waals surface area (Å²) in [5.74, 6) is 0. The Kier molecular flexibility index (Phi) is 7.12. The number of nitrogens with one attached hydrogen (secondary N) is 2. The highest BCUT2D eigenvalue weighted by Crippen LogP contribution is 2.19. The molecule has 2 N–H and O–H groups in total.